The third-order valence-corrected chi connectivity index (χ3v) is 5.50. The lowest BCUT2D eigenvalue weighted by atomic mass is 9.95. The Morgan fingerprint density at radius 3 is 2.12 bits per heavy atom. The van der Waals surface area contributed by atoms with Crippen LogP contribution in [0.1, 0.15) is 24.1 Å². The topological polar surface area (TPSA) is 89.3 Å². The number of primary amides is 1. The fraction of sp³-hybridized carbons (Fsp3) is 0.235. The molecule has 0 saturated carbocycles. The summed E-state index contributed by atoms with van der Waals surface area (Å²) in [4.78, 5) is 11.7. The van der Waals surface area contributed by atoms with E-state index in [2.05, 4.69) is 4.72 Å². The summed E-state index contributed by atoms with van der Waals surface area (Å²) in [6.07, 6.45) is 0. The highest BCUT2D eigenvalue weighted by atomic mass is 35.5. The number of amides is 1. The molecule has 2 aromatic rings. The largest absolute Gasteiger partial charge is 0.369 e. The lowest BCUT2D eigenvalue weighted by Crippen LogP contribution is -2.38. The number of rotatable bonds is 6. The Kier molecular flexibility index (Phi) is 5.64. The van der Waals surface area contributed by atoms with Crippen LogP contribution >= 0.6 is 11.6 Å². The van der Waals surface area contributed by atoms with Crippen LogP contribution < -0.4 is 10.5 Å². The van der Waals surface area contributed by atoms with E-state index < -0.39 is 27.9 Å². The van der Waals surface area contributed by atoms with Crippen molar-refractivity contribution in [2.24, 2.45) is 11.7 Å². The van der Waals surface area contributed by atoms with Gasteiger partial charge in [0, 0.05) is 5.02 Å². The van der Waals surface area contributed by atoms with Crippen molar-refractivity contribution in [3.8, 4) is 0 Å². The predicted molar refractivity (Wildman–Crippen MR) is 94.1 cm³/mol. The first-order chi connectivity index (χ1) is 11.2. The van der Waals surface area contributed by atoms with E-state index in [1.54, 1.807) is 43.3 Å². The minimum absolute atomic E-state index is 0.128. The van der Waals surface area contributed by atoms with Crippen molar-refractivity contribution in [1.29, 1.82) is 0 Å². The zero-order valence-electron chi connectivity index (χ0n) is 13.4. The average Bonchev–Trinajstić information content (AvgIpc) is 2.53. The maximum absolute atomic E-state index is 12.6. The quantitative estimate of drug-likeness (QED) is 0.823. The molecule has 0 fully saturated rings. The highest BCUT2D eigenvalue weighted by molar-refractivity contribution is 7.89. The number of hydrogen-bond acceptors (Lipinski definition) is 3. The molecule has 0 unspecified atom stereocenters. The second kappa shape index (κ2) is 7.34. The van der Waals surface area contributed by atoms with E-state index in [9.17, 15) is 13.2 Å². The molecular formula is C17H19ClN2O3S. The molecule has 2 rings (SSSR count). The molecule has 0 aliphatic heterocycles. The molecule has 24 heavy (non-hydrogen) atoms. The van der Waals surface area contributed by atoms with Gasteiger partial charge in [-0.15, -0.1) is 0 Å². The van der Waals surface area contributed by atoms with Gasteiger partial charge < -0.3 is 5.73 Å². The van der Waals surface area contributed by atoms with Gasteiger partial charge in [-0.2, -0.15) is 0 Å². The van der Waals surface area contributed by atoms with Crippen LogP contribution in [-0.4, -0.2) is 14.3 Å². The van der Waals surface area contributed by atoms with Crippen molar-refractivity contribution < 1.29 is 13.2 Å². The molecule has 0 aliphatic rings. The number of hydrogen-bond donors (Lipinski definition) is 2. The number of carbonyl (C=O) groups excluding carboxylic acids is 1. The molecule has 128 valence electrons. The molecule has 0 aromatic heterocycles. The molecule has 0 heterocycles. The molecule has 0 bridgehead atoms. The highest BCUT2D eigenvalue weighted by Gasteiger charge is 2.29. The average molecular weight is 367 g/mol. The molecule has 0 aliphatic carbocycles. The maximum atomic E-state index is 12.6. The molecular weight excluding hydrogens is 348 g/mol. The van der Waals surface area contributed by atoms with E-state index in [1.165, 1.54) is 12.1 Å². The van der Waals surface area contributed by atoms with Crippen molar-refractivity contribution in [2.45, 2.75) is 24.8 Å². The molecule has 2 atom stereocenters. The Labute approximate surface area is 146 Å². The van der Waals surface area contributed by atoms with Gasteiger partial charge in [0.25, 0.3) is 0 Å². The van der Waals surface area contributed by atoms with Gasteiger partial charge in [0.15, 0.2) is 0 Å². The van der Waals surface area contributed by atoms with Crippen LogP contribution in [0.2, 0.25) is 5.02 Å². The summed E-state index contributed by atoms with van der Waals surface area (Å²) in [5.74, 6) is -1.33. The predicted octanol–water partition coefficient (Wildman–Crippen LogP) is 2.79. The van der Waals surface area contributed by atoms with Gasteiger partial charge in [-0.05, 0) is 36.8 Å². The first-order valence-corrected chi connectivity index (χ1v) is 9.20. The van der Waals surface area contributed by atoms with Crippen LogP contribution in [0.25, 0.3) is 0 Å². The Morgan fingerprint density at radius 2 is 1.62 bits per heavy atom. The summed E-state index contributed by atoms with van der Waals surface area (Å²) < 4.78 is 27.8. The molecule has 7 heteroatoms. The van der Waals surface area contributed by atoms with E-state index in [-0.39, 0.29) is 4.90 Å². The standard InChI is InChI=1S/C17H19ClN2O3S/c1-11-3-9-15(10-4-11)24(22,23)20-16(12(2)17(19)21)13-5-7-14(18)8-6-13/h3-10,12,16,20H,1-2H3,(H2,19,21)/t12-,16+/m0/s1. The van der Waals surface area contributed by atoms with Gasteiger partial charge in [0.2, 0.25) is 15.9 Å². The van der Waals surface area contributed by atoms with Crippen LogP contribution in [0.4, 0.5) is 0 Å². The summed E-state index contributed by atoms with van der Waals surface area (Å²) >= 11 is 5.87. The highest BCUT2D eigenvalue weighted by Crippen LogP contribution is 2.26. The Morgan fingerprint density at radius 1 is 1.08 bits per heavy atom. The van der Waals surface area contributed by atoms with E-state index in [0.29, 0.717) is 10.6 Å². The van der Waals surface area contributed by atoms with Crippen molar-refractivity contribution in [3.63, 3.8) is 0 Å². The lowest BCUT2D eigenvalue weighted by Gasteiger charge is -2.23. The first kappa shape index (κ1) is 18.4. The molecule has 1 amide bonds. The fourth-order valence-corrected chi connectivity index (χ4v) is 3.68. The third kappa shape index (κ3) is 4.35. The Bertz CT molecular complexity index is 818. The summed E-state index contributed by atoms with van der Waals surface area (Å²) in [6.45, 7) is 3.45. The van der Waals surface area contributed by atoms with Crippen LogP contribution in [0.5, 0.6) is 0 Å². The number of nitrogens with one attached hydrogen (secondary N) is 1. The van der Waals surface area contributed by atoms with Crippen molar-refractivity contribution in [2.75, 3.05) is 0 Å². The molecule has 5 nitrogen and oxygen atoms in total. The number of halogens is 1. The number of carbonyl (C=O) groups is 1. The second-order valence-corrected chi connectivity index (χ2v) is 7.81. The van der Waals surface area contributed by atoms with Gasteiger partial charge >= 0.3 is 0 Å². The number of aryl methyl sites for hydroxylation is 1. The zero-order chi connectivity index (χ0) is 17.9. The second-order valence-electron chi connectivity index (χ2n) is 5.65. The summed E-state index contributed by atoms with van der Waals surface area (Å²) in [5.41, 5.74) is 6.95. The van der Waals surface area contributed by atoms with E-state index in [0.717, 1.165) is 5.56 Å². The van der Waals surface area contributed by atoms with Gasteiger partial charge in [0.1, 0.15) is 0 Å². The van der Waals surface area contributed by atoms with E-state index in [4.69, 9.17) is 17.3 Å². The van der Waals surface area contributed by atoms with Gasteiger partial charge in [0.05, 0.1) is 16.9 Å². The molecule has 3 N–H and O–H groups in total. The van der Waals surface area contributed by atoms with Crippen LogP contribution in [-0.2, 0) is 14.8 Å². The maximum Gasteiger partial charge on any atom is 0.241 e. The smallest absolute Gasteiger partial charge is 0.241 e. The molecule has 2 aromatic carbocycles. The van der Waals surface area contributed by atoms with Gasteiger partial charge in [-0.25, -0.2) is 13.1 Å². The summed E-state index contributed by atoms with van der Waals surface area (Å²) in [6, 6.07) is 12.3. The van der Waals surface area contributed by atoms with E-state index in [1.807, 2.05) is 6.92 Å². The summed E-state index contributed by atoms with van der Waals surface area (Å²) in [5, 5.41) is 0.519. The molecule has 0 spiro atoms. The van der Waals surface area contributed by atoms with Crippen molar-refractivity contribution in [3.05, 3.63) is 64.7 Å². The third-order valence-electron chi connectivity index (χ3n) is 3.79. The molecule has 0 radical (unpaired) electrons. The minimum Gasteiger partial charge on any atom is -0.369 e. The van der Waals surface area contributed by atoms with Crippen molar-refractivity contribution in [1.82, 2.24) is 4.72 Å². The summed E-state index contributed by atoms with van der Waals surface area (Å²) in [7, 11) is -3.80. The van der Waals surface area contributed by atoms with Gasteiger partial charge in [-0.3, -0.25) is 4.79 Å². The monoisotopic (exact) mass is 366 g/mol. The first-order valence-electron chi connectivity index (χ1n) is 7.34. The molecule has 0 saturated heterocycles. The SMILES string of the molecule is Cc1ccc(S(=O)(=O)N[C@@H](c2ccc(Cl)cc2)[C@H](C)C(N)=O)cc1. The van der Waals surface area contributed by atoms with Gasteiger partial charge in [-0.1, -0.05) is 48.4 Å². The lowest BCUT2D eigenvalue weighted by molar-refractivity contribution is -0.122. The number of nitrogens with two attached hydrogens (primary N) is 1. The normalized spacial score (nSPS) is 14.1. The number of benzene rings is 2. The zero-order valence-corrected chi connectivity index (χ0v) is 14.9. The van der Waals surface area contributed by atoms with Crippen LogP contribution in [0, 0.1) is 12.8 Å². The van der Waals surface area contributed by atoms with Crippen LogP contribution in [0.3, 0.4) is 0 Å². The minimum atomic E-state index is -3.80. The Hall–Kier alpha value is -1.89. The van der Waals surface area contributed by atoms with Crippen molar-refractivity contribution >= 4 is 27.5 Å². The Balaban J connectivity index is 2.39. The van der Waals surface area contributed by atoms with Crippen LogP contribution in [0.15, 0.2) is 53.4 Å². The number of sulfonamides is 1. The van der Waals surface area contributed by atoms with E-state index >= 15 is 0 Å². The fourth-order valence-electron chi connectivity index (χ4n) is 2.25.